The number of rotatable bonds is 3. The van der Waals surface area contributed by atoms with Crippen LogP contribution in [0.4, 0.5) is 13.2 Å². The van der Waals surface area contributed by atoms with Crippen molar-refractivity contribution in [3.8, 4) is 5.75 Å². The van der Waals surface area contributed by atoms with E-state index in [2.05, 4.69) is 4.98 Å². The van der Waals surface area contributed by atoms with Gasteiger partial charge in [0.05, 0.1) is 11.0 Å². The van der Waals surface area contributed by atoms with Gasteiger partial charge in [-0.05, 0) is 48.6 Å². The number of halogens is 3. The number of piperidine rings is 1. The summed E-state index contributed by atoms with van der Waals surface area (Å²) >= 11 is 0. The van der Waals surface area contributed by atoms with Crippen LogP contribution in [0, 0.1) is 0 Å². The number of nitrogens with zero attached hydrogens (tertiary/aromatic N) is 3. The van der Waals surface area contributed by atoms with Crippen molar-refractivity contribution < 1.29 is 23.1 Å². The zero-order valence-electron chi connectivity index (χ0n) is 15.6. The van der Waals surface area contributed by atoms with Crippen LogP contribution in [0.15, 0.2) is 48.5 Å². The molecule has 2 heterocycles. The van der Waals surface area contributed by atoms with E-state index in [9.17, 15) is 23.1 Å². The van der Waals surface area contributed by atoms with E-state index in [-0.39, 0.29) is 29.6 Å². The van der Waals surface area contributed by atoms with E-state index in [0.717, 1.165) is 23.0 Å². The highest BCUT2D eigenvalue weighted by atomic mass is 19.4. The third-order valence-corrected chi connectivity index (χ3v) is 5.41. The number of carbonyl (C=O) groups excluding carboxylic acids is 1. The summed E-state index contributed by atoms with van der Waals surface area (Å²) in [6.07, 6.45) is -3.17. The van der Waals surface area contributed by atoms with E-state index in [1.807, 2.05) is 12.1 Å². The SMILES string of the molecule is O=C(Cn1c(C(F)(F)F)nc2ccccc21)N1CCC(c2ccc(O)cc2)CC1. The minimum atomic E-state index is -4.63. The molecule has 0 spiro atoms. The minimum Gasteiger partial charge on any atom is -0.508 e. The Kier molecular flexibility index (Phi) is 4.94. The van der Waals surface area contributed by atoms with Crippen LogP contribution in [-0.2, 0) is 17.5 Å². The molecule has 2 aromatic carbocycles. The van der Waals surface area contributed by atoms with Crippen LogP contribution in [0.5, 0.6) is 5.75 Å². The summed E-state index contributed by atoms with van der Waals surface area (Å²) in [6, 6.07) is 13.3. The van der Waals surface area contributed by atoms with Gasteiger partial charge in [-0.15, -0.1) is 0 Å². The molecule has 0 unspecified atom stereocenters. The average molecular weight is 403 g/mol. The van der Waals surface area contributed by atoms with Gasteiger partial charge in [-0.25, -0.2) is 4.98 Å². The molecular formula is C21H20F3N3O2. The molecule has 0 saturated carbocycles. The fraction of sp³-hybridized carbons (Fsp3) is 0.333. The lowest BCUT2D eigenvalue weighted by Gasteiger charge is -2.32. The predicted molar refractivity (Wildman–Crippen MR) is 101 cm³/mol. The maximum atomic E-state index is 13.4. The van der Waals surface area contributed by atoms with Crippen LogP contribution in [0.1, 0.15) is 30.1 Å². The molecular weight excluding hydrogens is 383 g/mol. The molecule has 1 aliphatic heterocycles. The number of aromatic hydroxyl groups is 1. The molecule has 152 valence electrons. The Balaban J connectivity index is 1.49. The molecule has 3 aromatic rings. The summed E-state index contributed by atoms with van der Waals surface area (Å²) < 4.78 is 41.2. The van der Waals surface area contributed by atoms with E-state index in [4.69, 9.17) is 0 Å². The summed E-state index contributed by atoms with van der Waals surface area (Å²) in [5.41, 5.74) is 1.61. The first-order valence-corrected chi connectivity index (χ1v) is 9.42. The Morgan fingerprint density at radius 3 is 2.38 bits per heavy atom. The van der Waals surface area contributed by atoms with Crippen molar-refractivity contribution in [2.75, 3.05) is 13.1 Å². The number of benzene rings is 2. The zero-order valence-corrected chi connectivity index (χ0v) is 15.6. The first-order chi connectivity index (χ1) is 13.8. The number of hydrogen-bond acceptors (Lipinski definition) is 3. The molecule has 8 heteroatoms. The highest BCUT2D eigenvalue weighted by Crippen LogP contribution is 2.32. The van der Waals surface area contributed by atoms with E-state index in [1.54, 1.807) is 35.2 Å². The fourth-order valence-corrected chi connectivity index (χ4v) is 3.90. The third-order valence-electron chi connectivity index (χ3n) is 5.41. The van der Waals surface area contributed by atoms with E-state index < -0.39 is 12.0 Å². The van der Waals surface area contributed by atoms with Gasteiger partial charge >= 0.3 is 6.18 Å². The van der Waals surface area contributed by atoms with Gasteiger partial charge < -0.3 is 14.6 Å². The molecule has 1 aliphatic rings. The van der Waals surface area contributed by atoms with Gasteiger partial charge in [-0.2, -0.15) is 13.2 Å². The van der Waals surface area contributed by atoms with Gasteiger partial charge in [0.25, 0.3) is 0 Å². The second kappa shape index (κ2) is 7.42. The van der Waals surface area contributed by atoms with E-state index in [1.165, 1.54) is 6.07 Å². The molecule has 0 aliphatic carbocycles. The molecule has 0 atom stereocenters. The predicted octanol–water partition coefficient (Wildman–Crippen LogP) is 4.17. The number of hydrogen-bond donors (Lipinski definition) is 1. The molecule has 5 nitrogen and oxygen atoms in total. The van der Waals surface area contributed by atoms with E-state index in [0.29, 0.717) is 18.6 Å². The van der Waals surface area contributed by atoms with Crippen LogP contribution in [-0.4, -0.2) is 38.6 Å². The monoisotopic (exact) mass is 403 g/mol. The Morgan fingerprint density at radius 2 is 1.72 bits per heavy atom. The third kappa shape index (κ3) is 3.92. The Bertz CT molecular complexity index is 1020. The van der Waals surface area contributed by atoms with Crippen LogP contribution in [0.3, 0.4) is 0 Å². The lowest BCUT2D eigenvalue weighted by molar-refractivity contribution is -0.148. The second-order valence-electron chi connectivity index (χ2n) is 7.25. The summed E-state index contributed by atoms with van der Waals surface area (Å²) in [5, 5.41) is 9.41. The summed E-state index contributed by atoms with van der Waals surface area (Å²) in [7, 11) is 0. The largest absolute Gasteiger partial charge is 0.508 e. The first-order valence-electron chi connectivity index (χ1n) is 9.42. The number of phenolic OH excluding ortho intramolecular Hbond substituents is 1. The van der Waals surface area contributed by atoms with Crippen molar-refractivity contribution in [2.45, 2.75) is 31.5 Å². The molecule has 1 fully saturated rings. The lowest BCUT2D eigenvalue weighted by atomic mass is 9.89. The van der Waals surface area contributed by atoms with Crippen molar-refractivity contribution in [3.63, 3.8) is 0 Å². The van der Waals surface area contributed by atoms with Gasteiger partial charge in [0.1, 0.15) is 12.3 Å². The van der Waals surface area contributed by atoms with Gasteiger partial charge in [0.2, 0.25) is 11.7 Å². The van der Waals surface area contributed by atoms with Crippen molar-refractivity contribution in [3.05, 3.63) is 59.9 Å². The number of para-hydroxylation sites is 2. The number of amides is 1. The fourth-order valence-electron chi connectivity index (χ4n) is 3.90. The Hall–Kier alpha value is -3.03. The van der Waals surface area contributed by atoms with Crippen LogP contribution in [0.25, 0.3) is 11.0 Å². The summed E-state index contributed by atoms with van der Waals surface area (Å²) in [5.74, 6) is -0.928. The average Bonchev–Trinajstić information content (AvgIpc) is 3.08. The Labute approximate surface area is 165 Å². The Morgan fingerprint density at radius 1 is 1.07 bits per heavy atom. The maximum absolute atomic E-state index is 13.4. The van der Waals surface area contributed by atoms with Crippen LogP contribution >= 0.6 is 0 Å². The molecule has 1 saturated heterocycles. The first kappa shape index (κ1) is 19.3. The number of alkyl halides is 3. The molecule has 1 N–H and O–H groups in total. The highest BCUT2D eigenvalue weighted by molar-refractivity contribution is 5.81. The minimum absolute atomic E-state index is 0.203. The van der Waals surface area contributed by atoms with Gasteiger partial charge in [-0.1, -0.05) is 24.3 Å². The summed E-state index contributed by atoms with van der Waals surface area (Å²) in [6.45, 7) is 0.579. The standard InChI is InChI=1S/C21H20F3N3O2/c22-21(23,24)20-25-17-3-1-2-4-18(17)27(20)13-19(29)26-11-9-15(10-12-26)14-5-7-16(28)8-6-14/h1-8,15,28H,9-13H2. The van der Waals surface area contributed by atoms with Crippen molar-refractivity contribution in [2.24, 2.45) is 0 Å². The van der Waals surface area contributed by atoms with Crippen LogP contribution < -0.4 is 0 Å². The van der Waals surface area contributed by atoms with Crippen molar-refractivity contribution in [1.82, 2.24) is 14.5 Å². The number of aromatic nitrogens is 2. The topological polar surface area (TPSA) is 58.4 Å². The molecule has 1 amide bonds. The zero-order chi connectivity index (χ0) is 20.6. The maximum Gasteiger partial charge on any atom is 0.449 e. The number of fused-ring (bicyclic) bond motifs is 1. The number of imidazole rings is 1. The van der Waals surface area contributed by atoms with Crippen molar-refractivity contribution in [1.29, 1.82) is 0 Å². The second-order valence-corrected chi connectivity index (χ2v) is 7.25. The molecule has 4 rings (SSSR count). The lowest BCUT2D eigenvalue weighted by Crippen LogP contribution is -2.40. The molecule has 0 radical (unpaired) electrons. The van der Waals surface area contributed by atoms with Crippen LogP contribution in [0.2, 0.25) is 0 Å². The molecule has 29 heavy (non-hydrogen) atoms. The van der Waals surface area contributed by atoms with E-state index >= 15 is 0 Å². The normalized spacial score (nSPS) is 15.8. The highest BCUT2D eigenvalue weighted by Gasteiger charge is 2.38. The number of likely N-dealkylation sites (tertiary alicyclic amines) is 1. The van der Waals surface area contributed by atoms with Gasteiger partial charge in [0.15, 0.2) is 0 Å². The van der Waals surface area contributed by atoms with Gasteiger partial charge in [-0.3, -0.25) is 4.79 Å². The quantitative estimate of drug-likeness (QED) is 0.714. The molecule has 0 bridgehead atoms. The smallest absolute Gasteiger partial charge is 0.449 e. The number of phenols is 1. The molecule has 1 aromatic heterocycles. The van der Waals surface area contributed by atoms with Gasteiger partial charge in [0, 0.05) is 13.1 Å². The summed E-state index contributed by atoms with van der Waals surface area (Å²) in [4.78, 5) is 18.1. The number of carbonyl (C=O) groups is 1. The van der Waals surface area contributed by atoms with Crippen molar-refractivity contribution >= 4 is 16.9 Å².